The van der Waals surface area contributed by atoms with E-state index in [0.29, 0.717) is 19.8 Å². The number of nitrogens with zero attached hydrogens (tertiary/aromatic N) is 1. The number of hydrogen-bond donors (Lipinski definition) is 1. The van der Waals surface area contributed by atoms with Crippen LogP contribution in [-0.2, 0) is 14.3 Å². The number of hydrogen-bond acceptors (Lipinski definition) is 5. The third kappa shape index (κ3) is 3.10. The van der Waals surface area contributed by atoms with Gasteiger partial charge in [-0.2, -0.15) is 0 Å². The first-order chi connectivity index (χ1) is 7.56. The Morgan fingerprint density at radius 3 is 2.75 bits per heavy atom. The van der Waals surface area contributed by atoms with Crippen LogP contribution >= 0.6 is 0 Å². The van der Waals surface area contributed by atoms with Gasteiger partial charge in [0.05, 0.1) is 13.2 Å². The summed E-state index contributed by atoms with van der Waals surface area (Å²) < 4.78 is 9.69. The zero-order chi connectivity index (χ0) is 12.1. The van der Waals surface area contributed by atoms with Gasteiger partial charge >= 0.3 is 12.1 Å². The van der Waals surface area contributed by atoms with Gasteiger partial charge in [0.1, 0.15) is 12.6 Å². The highest BCUT2D eigenvalue weighted by molar-refractivity contribution is 5.77. The van der Waals surface area contributed by atoms with Gasteiger partial charge in [0.25, 0.3) is 0 Å². The fourth-order valence-corrected chi connectivity index (χ4v) is 1.38. The Kier molecular flexibility index (Phi) is 4.54. The molecule has 0 aliphatic carbocycles. The van der Waals surface area contributed by atoms with E-state index in [1.54, 1.807) is 6.92 Å². The third-order valence-electron chi connectivity index (χ3n) is 2.26. The van der Waals surface area contributed by atoms with Crippen molar-refractivity contribution < 1.29 is 19.1 Å². The van der Waals surface area contributed by atoms with Crippen molar-refractivity contribution in [3.05, 3.63) is 0 Å². The maximum absolute atomic E-state index is 11.6. The molecule has 1 atom stereocenters. The van der Waals surface area contributed by atoms with Crippen LogP contribution in [0.5, 0.6) is 0 Å². The second-order valence-electron chi connectivity index (χ2n) is 3.87. The SMILES string of the molecule is CCOC(=O)C(NN1CCOC1=O)C(C)C. The maximum Gasteiger partial charge on any atom is 0.424 e. The molecule has 16 heavy (non-hydrogen) atoms. The number of carbonyl (C=O) groups excluding carboxylic acids is 2. The summed E-state index contributed by atoms with van der Waals surface area (Å²) in [5, 5.41) is 1.31. The van der Waals surface area contributed by atoms with Crippen LogP contribution < -0.4 is 5.43 Å². The minimum atomic E-state index is -0.523. The zero-order valence-corrected chi connectivity index (χ0v) is 9.86. The third-order valence-corrected chi connectivity index (χ3v) is 2.26. The molecule has 0 aromatic carbocycles. The topological polar surface area (TPSA) is 67.9 Å². The molecule has 1 aliphatic rings. The van der Waals surface area contributed by atoms with Crippen molar-refractivity contribution >= 4 is 12.1 Å². The summed E-state index contributed by atoms with van der Waals surface area (Å²) in [5.74, 6) is -0.315. The molecule has 92 valence electrons. The van der Waals surface area contributed by atoms with E-state index in [1.165, 1.54) is 5.01 Å². The zero-order valence-electron chi connectivity index (χ0n) is 9.86. The van der Waals surface area contributed by atoms with Gasteiger partial charge in [-0.15, -0.1) is 0 Å². The number of carbonyl (C=O) groups is 2. The maximum atomic E-state index is 11.6. The second-order valence-corrected chi connectivity index (χ2v) is 3.87. The average Bonchev–Trinajstić information content (AvgIpc) is 2.60. The lowest BCUT2D eigenvalue weighted by molar-refractivity contribution is -0.148. The molecule has 1 aliphatic heterocycles. The van der Waals surface area contributed by atoms with Crippen LogP contribution in [0.4, 0.5) is 4.79 Å². The van der Waals surface area contributed by atoms with E-state index >= 15 is 0 Å². The number of rotatable bonds is 5. The second kappa shape index (κ2) is 5.69. The van der Waals surface area contributed by atoms with E-state index in [2.05, 4.69) is 5.43 Å². The number of ether oxygens (including phenoxy) is 2. The van der Waals surface area contributed by atoms with E-state index in [1.807, 2.05) is 13.8 Å². The molecule has 1 amide bonds. The van der Waals surface area contributed by atoms with Crippen LogP contribution in [0.2, 0.25) is 0 Å². The molecular formula is C10H18N2O4. The minimum absolute atomic E-state index is 0.0347. The van der Waals surface area contributed by atoms with Crippen LogP contribution in [0.25, 0.3) is 0 Å². The van der Waals surface area contributed by atoms with E-state index in [0.717, 1.165) is 0 Å². The lowest BCUT2D eigenvalue weighted by atomic mass is 10.1. The first-order valence-electron chi connectivity index (χ1n) is 5.43. The summed E-state index contributed by atoms with van der Waals surface area (Å²) >= 11 is 0. The van der Waals surface area contributed by atoms with Gasteiger partial charge in [-0.05, 0) is 12.8 Å². The van der Waals surface area contributed by atoms with Crippen molar-refractivity contribution in [1.29, 1.82) is 0 Å². The van der Waals surface area contributed by atoms with Crippen molar-refractivity contribution in [2.45, 2.75) is 26.8 Å². The minimum Gasteiger partial charge on any atom is -0.465 e. The number of amides is 1. The number of nitrogens with one attached hydrogen (secondary N) is 1. The molecule has 1 saturated heterocycles. The molecule has 1 fully saturated rings. The molecule has 1 N–H and O–H groups in total. The van der Waals surface area contributed by atoms with Gasteiger partial charge in [-0.25, -0.2) is 15.2 Å². The highest BCUT2D eigenvalue weighted by Crippen LogP contribution is 2.08. The first-order valence-corrected chi connectivity index (χ1v) is 5.43. The lowest BCUT2D eigenvalue weighted by Crippen LogP contribution is -2.51. The largest absolute Gasteiger partial charge is 0.465 e. The van der Waals surface area contributed by atoms with Gasteiger partial charge < -0.3 is 9.47 Å². The van der Waals surface area contributed by atoms with Crippen LogP contribution in [-0.4, -0.2) is 42.9 Å². The average molecular weight is 230 g/mol. The molecule has 1 unspecified atom stereocenters. The van der Waals surface area contributed by atoms with Crippen LogP contribution in [0.3, 0.4) is 0 Å². The monoisotopic (exact) mass is 230 g/mol. The standard InChI is InChI=1S/C10H18N2O4/c1-4-15-9(13)8(7(2)3)11-12-5-6-16-10(12)14/h7-8,11H,4-6H2,1-3H3. The van der Waals surface area contributed by atoms with Gasteiger partial charge in [0.2, 0.25) is 0 Å². The molecular weight excluding hydrogens is 212 g/mol. The Morgan fingerprint density at radius 2 is 2.31 bits per heavy atom. The molecule has 0 saturated carbocycles. The summed E-state index contributed by atoms with van der Waals surface area (Å²) in [7, 11) is 0. The van der Waals surface area contributed by atoms with Crippen molar-refractivity contribution in [3.8, 4) is 0 Å². The predicted molar refractivity (Wildman–Crippen MR) is 56.4 cm³/mol. The summed E-state index contributed by atoms with van der Waals surface area (Å²) in [6, 6.07) is -0.523. The van der Waals surface area contributed by atoms with Crippen LogP contribution in [0, 0.1) is 5.92 Å². The molecule has 0 spiro atoms. The predicted octanol–water partition coefficient (Wildman–Crippen LogP) is 0.531. The summed E-state index contributed by atoms with van der Waals surface area (Å²) in [6.45, 7) is 6.64. The highest BCUT2D eigenvalue weighted by atomic mass is 16.6. The molecule has 1 heterocycles. The number of cyclic esters (lactones) is 1. The normalized spacial score (nSPS) is 17.5. The van der Waals surface area contributed by atoms with Crippen molar-refractivity contribution in [2.75, 3.05) is 19.8 Å². The van der Waals surface area contributed by atoms with Crippen molar-refractivity contribution in [1.82, 2.24) is 10.4 Å². The molecule has 0 aromatic rings. The van der Waals surface area contributed by atoms with Gasteiger partial charge in [0.15, 0.2) is 0 Å². The van der Waals surface area contributed by atoms with Gasteiger partial charge in [0, 0.05) is 0 Å². The molecule has 1 rings (SSSR count). The highest BCUT2D eigenvalue weighted by Gasteiger charge is 2.30. The van der Waals surface area contributed by atoms with E-state index in [4.69, 9.17) is 9.47 Å². The molecule has 6 nitrogen and oxygen atoms in total. The number of hydrazine groups is 1. The van der Waals surface area contributed by atoms with E-state index in [-0.39, 0.29) is 11.9 Å². The summed E-state index contributed by atoms with van der Waals surface area (Å²) in [4.78, 5) is 22.8. The van der Waals surface area contributed by atoms with Crippen LogP contribution in [0.15, 0.2) is 0 Å². The Bertz CT molecular complexity index is 268. The fraction of sp³-hybridized carbons (Fsp3) is 0.800. The summed E-state index contributed by atoms with van der Waals surface area (Å²) in [5.41, 5.74) is 2.83. The number of esters is 1. The Balaban J connectivity index is 2.57. The molecule has 0 aromatic heterocycles. The first kappa shape index (κ1) is 12.8. The fourth-order valence-electron chi connectivity index (χ4n) is 1.38. The smallest absolute Gasteiger partial charge is 0.424 e. The lowest BCUT2D eigenvalue weighted by Gasteiger charge is -2.24. The van der Waals surface area contributed by atoms with Gasteiger partial charge in [-0.1, -0.05) is 13.8 Å². The quantitative estimate of drug-likeness (QED) is 0.698. The molecule has 0 bridgehead atoms. The Morgan fingerprint density at radius 1 is 1.62 bits per heavy atom. The molecule has 6 heteroatoms. The van der Waals surface area contributed by atoms with Crippen molar-refractivity contribution in [3.63, 3.8) is 0 Å². The van der Waals surface area contributed by atoms with E-state index in [9.17, 15) is 9.59 Å². The van der Waals surface area contributed by atoms with E-state index < -0.39 is 12.1 Å². The molecule has 0 radical (unpaired) electrons. The van der Waals surface area contributed by atoms with Gasteiger partial charge in [-0.3, -0.25) is 4.79 Å². The Hall–Kier alpha value is -1.30. The summed E-state index contributed by atoms with van der Waals surface area (Å²) in [6.07, 6.45) is -0.449. The Labute approximate surface area is 94.8 Å². The van der Waals surface area contributed by atoms with Crippen molar-refractivity contribution in [2.24, 2.45) is 5.92 Å². The van der Waals surface area contributed by atoms with Crippen LogP contribution in [0.1, 0.15) is 20.8 Å².